The van der Waals surface area contributed by atoms with Gasteiger partial charge in [0.1, 0.15) is 6.07 Å². The van der Waals surface area contributed by atoms with Gasteiger partial charge in [0.2, 0.25) is 0 Å². The summed E-state index contributed by atoms with van der Waals surface area (Å²) < 4.78 is 0. The Morgan fingerprint density at radius 2 is 2.25 bits per heavy atom. The van der Waals surface area contributed by atoms with Gasteiger partial charge in [0, 0.05) is 12.2 Å². The highest BCUT2D eigenvalue weighted by molar-refractivity contribution is 5.63. The molecule has 1 aliphatic carbocycles. The summed E-state index contributed by atoms with van der Waals surface area (Å²) in [5.41, 5.74) is 8.29. The molecule has 0 aromatic heterocycles. The fourth-order valence-electron chi connectivity index (χ4n) is 1.92. The van der Waals surface area contributed by atoms with E-state index in [9.17, 15) is 0 Å². The predicted molar refractivity (Wildman–Crippen MR) is 66.0 cm³/mol. The lowest BCUT2D eigenvalue weighted by atomic mass is 10.0. The molecule has 0 atom stereocenters. The molecule has 0 saturated heterocycles. The van der Waals surface area contributed by atoms with Crippen LogP contribution in [-0.4, -0.2) is 6.54 Å². The predicted octanol–water partition coefficient (Wildman–Crippen LogP) is 2.74. The topological polar surface area (TPSA) is 61.8 Å². The largest absolute Gasteiger partial charge is 0.399 e. The van der Waals surface area contributed by atoms with E-state index in [0.29, 0.717) is 16.7 Å². The highest BCUT2D eigenvalue weighted by Crippen LogP contribution is 2.48. The maximum atomic E-state index is 9.00. The smallest absolute Gasteiger partial charge is 0.101 e. The molecule has 3 N–H and O–H groups in total. The van der Waals surface area contributed by atoms with E-state index in [1.165, 1.54) is 19.3 Å². The number of rotatable bonds is 4. The molecular formula is C13H17N3. The number of nitrogens with zero attached hydrogens (tertiary/aromatic N) is 1. The Kier molecular flexibility index (Phi) is 2.74. The Bertz CT molecular complexity index is 427. The highest BCUT2D eigenvalue weighted by Gasteiger charge is 2.40. The molecule has 0 spiro atoms. The number of nitrogens with two attached hydrogens (primary N) is 1. The first kappa shape index (κ1) is 10.8. The average Bonchev–Trinajstić information content (AvgIpc) is 3.08. The molecule has 0 bridgehead atoms. The van der Waals surface area contributed by atoms with Gasteiger partial charge in [-0.15, -0.1) is 0 Å². The lowest BCUT2D eigenvalue weighted by molar-refractivity contribution is 0.521. The molecule has 0 amide bonds. The lowest BCUT2D eigenvalue weighted by Gasteiger charge is -2.15. The normalized spacial score (nSPS) is 16.5. The first-order valence-electron chi connectivity index (χ1n) is 5.73. The van der Waals surface area contributed by atoms with Gasteiger partial charge in [0.25, 0.3) is 0 Å². The third-order valence-corrected chi connectivity index (χ3v) is 3.53. The average molecular weight is 215 g/mol. The summed E-state index contributed by atoms with van der Waals surface area (Å²) in [6.07, 6.45) is 3.80. The SMILES string of the molecule is CCC1(CNc2ccc(N)cc2C#N)CC1. The standard InChI is InChI=1S/C13H17N3/c1-2-13(5-6-13)9-16-12-4-3-11(15)7-10(12)8-14/h3-4,7,16H,2,5-6,9,15H2,1H3. The number of benzene rings is 1. The van der Waals surface area contributed by atoms with Gasteiger partial charge in [-0.2, -0.15) is 5.26 Å². The van der Waals surface area contributed by atoms with Crippen LogP contribution in [0.15, 0.2) is 18.2 Å². The van der Waals surface area contributed by atoms with Crippen LogP contribution in [0, 0.1) is 16.7 Å². The van der Waals surface area contributed by atoms with Crippen LogP contribution < -0.4 is 11.1 Å². The second-order valence-corrected chi connectivity index (χ2v) is 4.62. The molecule has 3 heteroatoms. The van der Waals surface area contributed by atoms with Crippen molar-refractivity contribution >= 4 is 11.4 Å². The van der Waals surface area contributed by atoms with Crippen molar-refractivity contribution in [3.8, 4) is 6.07 Å². The summed E-state index contributed by atoms with van der Waals surface area (Å²) in [5, 5.41) is 12.4. The summed E-state index contributed by atoms with van der Waals surface area (Å²) >= 11 is 0. The van der Waals surface area contributed by atoms with Crippen LogP contribution >= 0.6 is 0 Å². The minimum absolute atomic E-state index is 0.480. The second kappa shape index (κ2) is 4.05. The zero-order valence-electron chi connectivity index (χ0n) is 9.59. The minimum atomic E-state index is 0.480. The third kappa shape index (κ3) is 2.11. The van der Waals surface area contributed by atoms with E-state index in [1.54, 1.807) is 6.07 Å². The zero-order chi connectivity index (χ0) is 11.6. The molecular weight excluding hydrogens is 198 g/mol. The van der Waals surface area contributed by atoms with Crippen molar-refractivity contribution in [2.75, 3.05) is 17.6 Å². The van der Waals surface area contributed by atoms with E-state index in [-0.39, 0.29) is 0 Å². The van der Waals surface area contributed by atoms with Crippen molar-refractivity contribution < 1.29 is 0 Å². The molecule has 1 saturated carbocycles. The first-order valence-corrected chi connectivity index (χ1v) is 5.73. The summed E-state index contributed by atoms with van der Waals surface area (Å²) in [6, 6.07) is 7.60. The number of hydrogen-bond donors (Lipinski definition) is 2. The van der Waals surface area contributed by atoms with Gasteiger partial charge in [-0.05, 0) is 42.9 Å². The summed E-state index contributed by atoms with van der Waals surface area (Å²) in [7, 11) is 0. The quantitative estimate of drug-likeness (QED) is 0.759. The van der Waals surface area contributed by atoms with Gasteiger partial charge in [0.15, 0.2) is 0 Å². The zero-order valence-corrected chi connectivity index (χ0v) is 9.59. The third-order valence-electron chi connectivity index (χ3n) is 3.53. The van der Waals surface area contributed by atoms with Crippen molar-refractivity contribution in [1.29, 1.82) is 5.26 Å². The number of nitrogen functional groups attached to an aromatic ring is 1. The number of nitriles is 1. The molecule has 1 aromatic carbocycles. The van der Waals surface area contributed by atoms with E-state index in [1.807, 2.05) is 12.1 Å². The van der Waals surface area contributed by atoms with E-state index in [2.05, 4.69) is 18.3 Å². The van der Waals surface area contributed by atoms with Crippen molar-refractivity contribution in [3.05, 3.63) is 23.8 Å². The van der Waals surface area contributed by atoms with E-state index in [0.717, 1.165) is 12.2 Å². The van der Waals surface area contributed by atoms with Crippen molar-refractivity contribution in [2.45, 2.75) is 26.2 Å². The molecule has 0 aliphatic heterocycles. The molecule has 2 rings (SSSR count). The Morgan fingerprint density at radius 1 is 1.50 bits per heavy atom. The maximum absolute atomic E-state index is 9.00. The Hall–Kier alpha value is -1.69. The number of anilines is 2. The molecule has 0 radical (unpaired) electrons. The van der Waals surface area contributed by atoms with E-state index in [4.69, 9.17) is 11.0 Å². The first-order chi connectivity index (χ1) is 7.69. The van der Waals surface area contributed by atoms with Crippen LogP contribution in [0.4, 0.5) is 11.4 Å². The van der Waals surface area contributed by atoms with Crippen LogP contribution in [0.1, 0.15) is 31.7 Å². The minimum Gasteiger partial charge on any atom is -0.399 e. The second-order valence-electron chi connectivity index (χ2n) is 4.62. The summed E-state index contributed by atoms with van der Waals surface area (Å²) in [5.74, 6) is 0. The van der Waals surface area contributed by atoms with Gasteiger partial charge >= 0.3 is 0 Å². The molecule has 3 nitrogen and oxygen atoms in total. The van der Waals surface area contributed by atoms with Crippen molar-refractivity contribution in [3.63, 3.8) is 0 Å². The monoisotopic (exact) mass is 215 g/mol. The van der Waals surface area contributed by atoms with Gasteiger partial charge < -0.3 is 11.1 Å². The van der Waals surface area contributed by atoms with Gasteiger partial charge in [-0.25, -0.2) is 0 Å². The number of hydrogen-bond acceptors (Lipinski definition) is 3. The summed E-state index contributed by atoms with van der Waals surface area (Å²) in [4.78, 5) is 0. The number of nitrogens with one attached hydrogen (secondary N) is 1. The molecule has 16 heavy (non-hydrogen) atoms. The van der Waals surface area contributed by atoms with Crippen LogP contribution in [0.25, 0.3) is 0 Å². The molecule has 1 fully saturated rings. The van der Waals surface area contributed by atoms with Crippen LogP contribution in [0.3, 0.4) is 0 Å². The van der Waals surface area contributed by atoms with Gasteiger partial charge in [-0.1, -0.05) is 6.92 Å². The summed E-state index contributed by atoms with van der Waals surface area (Å²) in [6.45, 7) is 3.19. The van der Waals surface area contributed by atoms with E-state index >= 15 is 0 Å². The van der Waals surface area contributed by atoms with Crippen molar-refractivity contribution in [1.82, 2.24) is 0 Å². The molecule has 0 heterocycles. The molecule has 1 aliphatic rings. The molecule has 0 unspecified atom stereocenters. The fourth-order valence-corrected chi connectivity index (χ4v) is 1.92. The Balaban J connectivity index is 2.07. The van der Waals surface area contributed by atoms with Crippen molar-refractivity contribution in [2.24, 2.45) is 5.41 Å². The van der Waals surface area contributed by atoms with Crippen LogP contribution in [0.5, 0.6) is 0 Å². The lowest BCUT2D eigenvalue weighted by Crippen LogP contribution is -2.15. The fraction of sp³-hybridized carbons (Fsp3) is 0.462. The maximum Gasteiger partial charge on any atom is 0.101 e. The van der Waals surface area contributed by atoms with E-state index < -0.39 is 0 Å². The Labute approximate surface area is 96.3 Å². The van der Waals surface area contributed by atoms with Crippen LogP contribution in [0.2, 0.25) is 0 Å². The Morgan fingerprint density at radius 3 is 2.81 bits per heavy atom. The van der Waals surface area contributed by atoms with Crippen LogP contribution in [-0.2, 0) is 0 Å². The highest BCUT2D eigenvalue weighted by atomic mass is 14.9. The van der Waals surface area contributed by atoms with Gasteiger partial charge in [-0.3, -0.25) is 0 Å². The van der Waals surface area contributed by atoms with Gasteiger partial charge in [0.05, 0.1) is 11.3 Å². The molecule has 84 valence electrons. The molecule has 1 aromatic rings.